The summed E-state index contributed by atoms with van der Waals surface area (Å²) < 4.78 is 2.02. The summed E-state index contributed by atoms with van der Waals surface area (Å²) in [6, 6.07) is 10.1. The highest BCUT2D eigenvalue weighted by Gasteiger charge is 2.17. The highest BCUT2D eigenvalue weighted by Crippen LogP contribution is 2.38. The van der Waals surface area contributed by atoms with Gasteiger partial charge in [-0.05, 0) is 47.9 Å². The maximum absolute atomic E-state index is 11.4. The first kappa shape index (κ1) is 15.1. The number of nitrogens with one attached hydrogen (secondary N) is 2. The number of hydrogen-bond acceptors (Lipinski definition) is 1. The lowest BCUT2D eigenvalue weighted by atomic mass is 10.0. The molecule has 1 unspecified atom stereocenters. The maximum atomic E-state index is 11.4. The minimum absolute atomic E-state index is 0.0442. The van der Waals surface area contributed by atoms with Crippen molar-refractivity contribution in [3.8, 4) is 0 Å². The van der Waals surface area contributed by atoms with E-state index in [0.717, 1.165) is 25.5 Å². The van der Waals surface area contributed by atoms with Crippen LogP contribution in [0.25, 0.3) is 11.0 Å². The van der Waals surface area contributed by atoms with E-state index in [4.69, 9.17) is 0 Å². The molecular formula is C15H11Br3N2O. The van der Waals surface area contributed by atoms with Gasteiger partial charge in [-0.2, -0.15) is 0 Å². The third-order valence-electron chi connectivity index (χ3n) is 3.41. The first-order chi connectivity index (χ1) is 9.95. The molecule has 0 bridgehead atoms. The number of alkyl halides is 1. The van der Waals surface area contributed by atoms with Crippen molar-refractivity contribution in [2.75, 3.05) is 0 Å². The van der Waals surface area contributed by atoms with E-state index in [1.54, 1.807) is 0 Å². The Morgan fingerprint density at radius 2 is 1.67 bits per heavy atom. The number of aromatic nitrogens is 2. The summed E-state index contributed by atoms with van der Waals surface area (Å²) in [6.45, 7) is 2.08. The summed E-state index contributed by atoms with van der Waals surface area (Å²) in [5.74, 6) is 0. The molecule has 0 aliphatic carbocycles. The Morgan fingerprint density at radius 3 is 2.33 bits per heavy atom. The third-order valence-corrected chi connectivity index (χ3v) is 5.58. The van der Waals surface area contributed by atoms with Crippen molar-refractivity contribution in [2.45, 2.75) is 11.8 Å². The second-order valence-electron chi connectivity index (χ2n) is 4.86. The first-order valence-electron chi connectivity index (χ1n) is 6.27. The molecule has 0 radical (unpaired) electrons. The van der Waals surface area contributed by atoms with Crippen molar-refractivity contribution < 1.29 is 0 Å². The highest BCUT2D eigenvalue weighted by molar-refractivity contribution is 9.11. The molecule has 0 amide bonds. The van der Waals surface area contributed by atoms with E-state index < -0.39 is 0 Å². The van der Waals surface area contributed by atoms with Crippen LogP contribution in [0.15, 0.2) is 44.1 Å². The minimum Gasteiger partial charge on any atom is -0.306 e. The summed E-state index contributed by atoms with van der Waals surface area (Å²) >= 11 is 10.8. The van der Waals surface area contributed by atoms with Crippen molar-refractivity contribution in [3.63, 3.8) is 0 Å². The van der Waals surface area contributed by atoms with Gasteiger partial charge in [0.2, 0.25) is 0 Å². The van der Waals surface area contributed by atoms with Gasteiger partial charge in [0.15, 0.2) is 0 Å². The summed E-state index contributed by atoms with van der Waals surface area (Å²) in [7, 11) is 0. The largest absolute Gasteiger partial charge is 0.323 e. The fourth-order valence-corrected chi connectivity index (χ4v) is 4.61. The molecule has 0 saturated carbocycles. The number of benzene rings is 2. The van der Waals surface area contributed by atoms with Gasteiger partial charge in [-0.25, -0.2) is 4.79 Å². The summed E-state index contributed by atoms with van der Waals surface area (Å²) in [5.41, 5.74) is 4.86. The Kier molecular flexibility index (Phi) is 4.12. The topological polar surface area (TPSA) is 48.6 Å². The van der Waals surface area contributed by atoms with E-state index in [0.29, 0.717) is 0 Å². The monoisotopic (exact) mass is 472 g/mol. The molecule has 1 heterocycles. The van der Waals surface area contributed by atoms with Crippen LogP contribution >= 0.6 is 47.8 Å². The van der Waals surface area contributed by atoms with Crippen LogP contribution in [0.3, 0.4) is 0 Å². The third kappa shape index (κ3) is 2.89. The van der Waals surface area contributed by atoms with Crippen LogP contribution in [0.1, 0.15) is 21.5 Å². The van der Waals surface area contributed by atoms with Gasteiger partial charge in [-0.15, -0.1) is 0 Å². The molecule has 2 aromatic carbocycles. The van der Waals surface area contributed by atoms with E-state index in [9.17, 15) is 4.79 Å². The number of aryl methyl sites for hydroxylation is 1. The van der Waals surface area contributed by atoms with Crippen molar-refractivity contribution in [3.05, 3.63) is 66.5 Å². The van der Waals surface area contributed by atoms with Gasteiger partial charge in [0, 0.05) is 8.95 Å². The van der Waals surface area contributed by atoms with Crippen LogP contribution in [-0.4, -0.2) is 9.97 Å². The Hall–Kier alpha value is -0.850. The Bertz CT molecular complexity index is 882. The van der Waals surface area contributed by atoms with Gasteiger partial charge >= 0.3 is 5.69 Å². The summed E-state index contributed by atoms with van der Waals surface area (Å²) in [5, 5.41) is 0. The summed E-state index contributed by atoms with van der Waals surface area (Å²) in [4.78, 5) is 17.0. The predicted octanol–water partition coefficient (Wildman–Crippen LogP) is 5.17. The van der Waals surface area contributed by atoms with Crippen molar-refractivity contribution in [2.24, 2.45) is 0 Å². The SMILES string of the molecule is Cc1cc(Br)ccc1C(Br)c1cc2[nH]c(=O)[nH]c2cc1Br. The zero-order valence-electron chi connectivity index (χ0n) is 11.0. The molecule has 0 aliphatic heterocycles. The number of aromatic amines is 2. The average molecular weight is 475 g/mol. The molecule has 1 aromatic heterocycles. The van der Waals surface area contributed by atoms with Crippen molar-refractivity contribution >= 4 is 58.8 Å². The zero-order chi connectivity index (χ0) is 15.1. The normalized spacial score (nSPS) is 12.8. The predicted molar refractivity (Wildman–Crippen MR) is 96.3 cm³/mol. The maximum Gasteiger partial charge on any atom is 0.323 e. The lowest BCUT2D eigenvalue weighted by Gasteiger charge is -2.15. The standard InChI is InChI=1S/C15H11Br3N2O/c1-7-4-8(16)2-3-9(7)14(18)10-5-12-13(6-11(10)17)20-15(21)19-12/h2-6,14H,1H3,(H2,19,20,21). The number of hydrogen-bond donors (Lipinski definition) is 2. The fraction of sp³-hybridized carbons (Fsp3) is 0.133. The Morgan fingerprint density at radius 1 is 1.00 bits per heavy atom. The molecule has 108 valence electrons. The molecule has 0 saturated heterocycles. The molecule has 0 spiro atoms. The molecule has 1 atom stereocenters. The molecular weight excluding hydrogens is 464 g/mol. The van der Waals surface area contributed by atoms with E-state index in [1.807, 2.05) is 18.2 Å². The highest BCUT2D eigenvalue weighted by atomic mass is 79.9. The number of H-pyrrole nitrogens is 2. The van der Waals surface area contributed by atoms with Crippen molar-refractivity contribution in [1.82, 2.24) is 9.97 Å². The smallest absolute Gasteiger partial charge is 0.306 e. The van der Waals surface area contributed by atoms with Crippen LogP contribution in [-0.2, 0) is 0 Å². The molecule has 0 fully saturated rings. The van der Waals surface area contributed by atoms with Crippen LogP contribution in [0.5, 0.6) is 0 Å². The van der Waals surface area contributed by atoms with E-state index in [-0.39, 0.29) is 10.5 Å². The van der Waals surface area contributed by atoms with Crippen LogP contribution in [0.2, 0.25) is 0 Å². The van der Waals surface area contributed by atoms with Gasteiger partial charge in [0.1, 0.15) is 0 Å². The van der Waals surface area contributed by atoms with Crippen LogP contribution in [0.4, 0.5) is 0 Å². The number of fused-ring (bicyclic) bond motifs is 1. The first-order valence-corrected chi connectivity index (χ1v) is 8.77. The van der Waals surface area contributed by atoms with Gasteiger partial charge in [-0.3, -0.25) is 0 Å². The van der Waals surface area contributed by atoms with Crippen LogP contribution in [0, 0.1) is 6.92 Å². The average Bonchev–Trinajstić information content (AvgIpc) is 2.76. The second kappa shape index (κ2) is 5.74. The Balaban J connectivity index is 2.14. The van der Waals surface area contributed by atoms with E-state index in [2.05, 4.69) is 76.8 Å². The molecule has 0 aliphatic rings. The van der Waals surface area contributed by atoms with Gasteiger partial charge < -0.3 is 9.97 Å². The molecule has 6 heteroatoms. The minimum atomic E-state index is -0.194. The van der Waals surface area contributed by atoms with Crippen LogP contribution < -0.4 is 5.69 Å². The molecule has 3 aromatic rings. The van der Waals surface area contributed by atoms with E-state index >= 15 is 0 Å². The quantitative estimate of drug-likeness (QED) is 0.494. The van der Waals surface area contributed by atoms with Gasteiger partial charge in [0.05, 0.1) is 15.9 Å². The Labute approximate surface area is 146 Å². The number of imidazole rings is 1. The van der Waals surface area contributed by atoms with Gasteiger partial charge in [0.25, 0.3) is 0 Å². The van der Waals surface area contributed by atoms with Gasteiger partial charge in [-0.1, -0.05) is 53.9 Å². The number of rotatable bonds is 2. The van der Waals surface area contributed by atoms with E-state index in [1.165, 1.54) is 11.1 Å². The molecule has 3 rings (SSSR count). The summed E-state index contributed by atoms with van der Waals surface area (Å²) in [6.07, 6.45) is 0. The lowest BCUT2D eigenvalue weighted by Crippen LogP contribution is -1.99. The molecule has 21 heavy (non-hydrogen) atoms. The molecule has 2 N–H and O–H groups in total. The lowest BCUT2D eigenvalue weighted by molar-refractivity contribution is 1.13. The zero-order valence-corrected chi connectivity index (χ0v) is 15.8. The number of halogens is 3. The van der Waals surface area contributed by atoms with Crippen molar-refractivity contribution in [1.29, 1.82) is 0 Å². The molecule has 3 nitrogen and oxygen atoms in total. The second-order valence-corrected chi connectivity index (χ2v) is 7.55. The fourth-order valence-electron chi connectivity index (χ4n) is 2.36.